The third kappa shape index (κ3) is 5.80. The molecular weight excluding hydrogens is 580 g/mol. The number of carbonyl (C=O) groups is 1. The summed E-state index contributed by atoms with van der Waals surface area (Å²) in [6, 6.07) is 1.91. The number of hydrogen-bond acceptors (Lipinski definition) is 11. The summed E-state index contributed by atoms with van der Waals surface area (Å²) in [5.74, 6) is -2.51. The maximum Gasteiger partial charge on any atom is 0.410 e. The lowest BCUT2D eigenvalue weighted by molar-refractivity contribution is -0.0159. The molecule has 4 N–H and O–H groups in total. The first-order valence-corrected chi connectivity index (χ1v) is 13.8. The number of halogens is 3. The van der Waals surface area contributed by atoms with E-state index in [1.165, 1.54) is 24.3 Å². The maximum atomic E-state index is 14.6. The lowest BCUT2D eigenvalue weighted by Crippen LogP contribution is -2.41. The normalized spacial score (nSPS) is 26.1. The van der Waals surface area contributed by atoms with Crippen LogP contribution in [0, 0.1) is 11.6 Å². The van der Waals surface area contributed by atoms with Gasteiger partial charge in [-0.25, -0.2) is 19.0 Å². The third-order valence-electron chi connectivity index (χ3n) is 7.40. The Balaban J connectivity index is 1.31. The molecule has 0 aliphatic carbocycles. The predicted octanol–water partition coefficient (Wildman–Crippen LogP) is 3.55. The van der Waals surface area contributed by atoms with Gasteiger partial charge in [-0.15, -0.1) is 0 Å². The summed E-state index contributed by atoms with van der Waals surface area (Å²) >= 11 is 5.70. The van der Waals surface area contributed by atoms with Gasteiger partial charge in [-0.1, -0.05) is 22.8 Å². The zero-order chi connectivity index (χ0) is 30.4. The number of oxime groups is 1. The number of amides is 1. The first kappa shape index (κ1) is 30.1. The van der Waals surface area contributed by atoms with E-state index in [0.717, 1.165) is 0 Å². The van der Waals surface area contributed by atoms with Crippen LogP contribution in [0.5, 0.6) is 0 Å². The summed E-state index contributed by atoms with van der Waals surface area (Å²) in [6.07, 6.45) is -0.0390. The summed E-state index contributed by atoms with van der Waals surface area (Å²) in [5, 5.41) is 26.3. The van der Waals surface area contributed by atoms with Crippen molar-refractivity contribution in [1.82, 2.24) is 20.9 Å². The molecule has 2 saturated heterocycles. The zero-order valence-corrected chi connectivity index (χ0v) is 24.4. The molecular formula is C27H34ClF2N5O7. The van der Waals surface area contributed by atoms with Crippen LogP contribution >= 0.6 is 11.6 Å². The molecule has 15 heteroatoms. The van der Waals surface area contributed by atoms with Crippen molar-refractivity contribution in [3.8, 4) is 0 Å². The van der Waals surface area contributed by atoms with Crippen LogP contribution in [0.3, 0.4) is 0 Å². The number of methoxy groups -OCH3 is 1. The molecule has 1 aromatic rings. The van der Waals surface area contributed by atoms with Crippen LogP contribution in [0.4, 0.5) is 13.6 Å². The summed E-state index contributed by atoms with van der Waals surface area (Å²) < 4.78 is 45.8. The highest BCUT2D eigenvalue weighted by atomic mass is 35.5. The number of rotatable bonds is 6. The quantitative estimate of drug-likeness (QED) is 0.353. The van der Waals surface area contributed by atoms with E-state index in [4.69, 9.17) is 30.6 Å². The molecule has 1 amide bonds. The topological polar surface area (TPSA) is 137 Å². The number of benzene rings is 1. The minimum atomic E-state index is -1.16. The Morgan fingerprint density at radius 3 is 2.76 bits per heavy atom. The fourth-order valence-corrected chi connectivity index (χ4v) is 5.59. The number of ether oxygens (including phenoxy) is 3. The van der Waals surface area contributed by atoms with Crippen molar-refractivity contribution in [2.75, 3.05) is 33.4 Å². The smallest absolute Gasteiger partial charge is 0.410 e. The molecule has 0 saturated carbocycles. The van der Waals surface area contributed by atoms with Gasteiger partial charge in [-0.2, -0.15) is 5.53 Å². The monoisotopic (exact) mass is 613 g/mol. The number of aliphatic hydroxyl groups excluding tert-OH is 2. The van der Waals surface area contributed by atoms with Crippen molar-refractivity contribution in [3.05, 3.63) is 57.3 Å². The first-order valence-electron chi connectivity index (χ1n) is 13.5. The van der Waals surface area contributed by atoms with E-state index in [0.29, 0.717) is 31.6 Å². The molecule has 5 rings (SSSR count). The Morgan fingerprint density at radius 2 is 2.07 bits per heavy atom. The number of carbonyl (C=O) groups excluding carboxylic acids is 1. The van der Waals surface area contributed by atoms with Gasteiger partial charge in [-0.3, -0.25) is 5.01 Å². The van der Waals surface area contributed by atoms with Gasteiger partial charge in [-0.05, 0) is 26.8 Å². The van der Waals surface area contributed by atoms with Crippen molar-refractivity contribution in [2.24, 2.45) is 5.16 Å². The van der Waals surface area contributed by atoms with E-state index in [9.17, 15) is 23.8 Å². The van der Waals surface area contributed by atoms with Gasteiger partial charge < -0.3 is 34.2 Å². The van der Waals surface area contributed by atoms with E-state index >= 15 is 0 Å². The second-order valence-corrected chi connectivity index (χ2v) is 12.0. The van der Waals surface area contributed by atoms with Gasteiger partial charge in [0, 0.05) is 31.4 Å². The molecule has 1 spiro atoms. The average Bonchev–Trinajstić information content (AvgIpc) is 3.68. The summed E-state index contributed by atoms with van der Waals surface area (Å²) in [4.78, 5) is 20.0. The Kier molecular flexibility index (Phi) is 8.18. The number of aliphatic hydroxyl groups is 2. The maximum absolute atomic E-state index is 14.6. The zero-order valence-electron chi connectivity index (χ0n) is 23.7. The average molecular weight is 614 g/mol. The Labute approximate surface area is 246 Å². The van der Waals surface area contributed by atoms with Crippen LogP contribution in [0.1, 0.15) is 51.6 Å². The molecule has 0 aromatic heterocycles. The first-order chi connectivity index (χ1) is 19.8. The summed E-state index contributed by atoms with van der Waals surface area (Å²) in [6.45, 7) is 5.63. The number of hydrazine groups is 2. The van der Waals surface area contributed by atoms with E-state index in [1.54, 1.807) is 25.7 Å². The molecule has 2 fully saturated rings. The lowest BCUT2D eigenvalue weighted by Gasteiger charge is -2.33. The largest absolute Gasteiger partial charge is 0.503 e. The molecule has 3 atom stereocenters. The van der Waals surface area contributed by atoms with Crippen molar-refractivity contribution in [1.29, 1.82) is 0 Å². The van der Waals surface area contributed by atoms with Gasteiger partial charge in [0.25, 0.3) is 0 Å². The second kappa shape index (κ2) is 11.4. The molecule has 0 unspecified atom stereocenters. The van der Waals surface area contributed by atoms with Crippen molar-refractivity contribution in [3.63, 3.8) is 0 Å². The predicted molar refractivity (Wildman–Crippen MR) is 146 cm³/mol. The lowest BCUT2D eigenvalue weighted by atomic mass is 9.93. The number of nitrogens with zero attached hydrogens (tertiary/aromatic N) is 3. The highest BCUT2D eigenvalue weighted by Crippen LogP contribution is 2.39. The molecule has 1 aromatic carbocycles. The molecule has 0 bridgehead atoms. The highest BCUT2D eigenvalue weighted by molar-refractivity contribution is 6.30. The van der Waals surface area contributed by atoms with Crippen LogP contribution in [-0.4, -0.2) is 82.6 Å². The minimum Gasteiger partial charge on any atom is -0.503 e. The van der Waals surface area contributed by atoms with Gasteiger partial charge in [0.2, 0.25) is 0 Å². The second-order valence-electron chi connectivity index (χ2n) is 11.6. The van der Waals surface area contributed by atoms with Crippen molar-refractivity contribution >= 4 is 23.4 Å². The van der Waals surface area contributed by atoms with E-state index in [1.807, 2.05) is 0 Å². The van der Waals surface area contributed by atoms with Gasteiger partial charge >= 0.3 is 6.09 Å². The van der Waals surface area contributed by atoms with E-state index in [-0.39, 0.29) is 46.5 Å². The molecule has 230 valence electrons. The number of hydrogen-bond donors (Lipinski definition) is 4. The van der Waals surface area contributed by atoms with E-state index in [2.05, 4.69) is 16.1 Å². The Bertz CT molecular complexity index is 1350. The Hall–Kier alpha value is -3.33. The van der Waals surface area contributed by atoms with E-state index < -0.39 is 47.7 Å². The third-order valence-corrected chi connectivity index (χ3v) is 7.69. The molecule has 12 nitrogen and oxygen atoms in total. The van der Waals surface area contributed by atoms with Gasteiger partial charge in [0.1, 0.15) is 17.9 Å². The molecule has 0 radical (unpaired) electrons. The standard InChI is InChI=1S/C27H34ClF2N5O7/c1-26(2,3)41-25(38)34-8-7-27(13-34)10-14(32-42-27)9-18-24(39-4)22(23(37)19(12-36)40-18)35-11-17(31-33-35)15-5-6-16(28)21(30)20(15)29/h5-6,17-18,31,33,36-37H,7-13H2,1-4H3/t17-,18-,27-/m1/s1. The van der Waals surface area contributed by atoms with Gasteiger partial charge in [0.15, 0.2) is 40.6 Å². The van der Waals surface area contributed by atoms with Crippen LogP contribution in [-0.2, 0) is 19.0 Å². The molecule has 42 heavy (non-hydrogen) atoms. The molecule has 4 aliphatic heterocycles. The highest BCUT2D eigenvalue weighted by Gasteiger charge is 2.48. The van der Waals surface area contributed by atoms with Gasteiger partial charge in [0.05, 0.1) is 37.0 Å². The van der Waals surface area contributed by atoms with Crippen LogP contribution < -0.4 is 11.0 Å². The summed E-state index contributed by atoms with van der Waals surface area (Å²) in [7, 11) is 1.41. The molecule has 4 heterocycles. The van der Waals surface area contributed by atoms with Crippen molar-refractivity contribution in [2.45, 2.75) is 63.4 Å². The summed E-state index contributed by atoms with van der Waals surface area (Å²) in [5.41, 5.74) is 5.22. The van der Waals surface area contributed by atoms with Crippen LogP contribution in [0.2, 0.25) is 5.02 Å². The van der Waals surface area contributed by atoms with Crippen LogP contribution in [0.25, 0.3) is 0 Å². The fraction of sp³-hybridized carbons (Fsp3) is 0.556. The number of nitrogens with one attached hydrogen (secondary N) is 2. The minimum absolute atomic E-state index is 0.0284. The van der Waals surface area contributed by atoms with Crippen molar-refractivity contribution < 1.29 is 42.8 Å². The van der Waals surface area contributed by atoms with Crippen LogP contribution in [0.15, 0.2) is 40.3 Å². The fourth-order valence-electron chi connectivity index (χ4n) is 5.45. The number of likely N-dealkylation sites (tertiary alicyclic amines) is 1. The SMILES string of the molecule is COC1=C(N2C[C@H](c3ccc(Cl)c(F)c3F)NN2)C(O)=C(CO)O[C@@H]1CC1=NO[C@]2(CCN(C(=O)OC(C)(C)C)C2)C1. The molecule has 4 aliphatic rings. The Morgan fingerprint density at radius 1 is 1.31 bits per heavy atom.